The van der Waals surface area contributed by atoms with Crippen molar-refractivity contribution in [3.63, 3.8) is 0 Å². The van der Waals surface area contributed by atoms with Gasteiger partial charge < -0.3 is 9.47 Å². The minimum Gasteiger partial charge on any atom is -0.454 e. The van der Waals surface area contributed by atoms with Crippen molar-refractivity contribution in [3.8, 4) is 11.5 Å². The number of fused-ring (bicyclic) bond motifs is 1. The molecule has 120 valence electrons. The lowest BCUT2D eigenvalue weighted by molar-refractivity contribution is -0.122. The van der Waals surface area contributed by atoms with E-state index in [1.807, 2.05) is 36.4 Å². The normalized spacial score (nSPS) is 17.8. The summed E-state index contributed by atoms with van der Waals surface area (Å²) in [5.74, 6) is 1.34. The fourth-order valence-corrected chi connectivity index (χ4v) is 3.72. The molecule has 0 saturated carbocycles. The molecule has 1 fully saturated rings. The SMILES string of the molecule is O=C1C(=Cc2ccncc2)SC(=S)N1Cc1ccc2c(c1)OCO2. The molecule has 1 aromatic carbocycles. The smallest absolute Gasteiger partial charge is 0.266 e. The van der Waals surface area contributed by atoms with E-state index in [9.17, 15) is 4.79 Å². The lowest BCUT2D eigenvalue weighted by Crippen LogP contribution is -2.27. The van der Waals surface area contributed by atoms with Crippen LogP contribution in [0.1, 0.15) is 11.1 Å². The van der Waals surface area contributed by atoms with Crippen molar-refractivity contribution in [2.75, 3.05) is 6.79 Å². The quantitative estimate of drug-likeness (QED) is 0.622. The maximum absolute atomic E-state index is 12.6. The molecule has 2 aliphatic rings. The summed E-state index contributed by atoms with van der Waals surface area (Å²) < 4.78 is 11.2. The Morgan fingerprint density at radius 1 is 1.21 bits per heavy atom. The Balaban J connectivity index is 1.55. The van der Waals surface area contributed by atoms with Crippen LogP contribution in [-0.4, -0.2) is 26.9 Å². The Hall–Kier alpha value is -2.38. The average molecular weight is 356 g/mol. The lowest BCUT2D eigenvalue weighted by Gasteiger charge is -2.14. The molecule has 1 aromatic heterocycles. The van der Waals surface area contributed by atoms with Gasteiger partial charge in [-0.05, 0) is 41.5 Å². The van der Waals surface area contributed by atoms with Gasteiger partial charge in [0.2, 0.25) is 6.79 Å². The molecule has 1 amide bonds. The highest BCUT2D eigenvalue weighted by molar-refractivity contribution is 8.26. The van der Waals surface area contributed by atoms with Gasteiger partial charge in [-0.3, -0.25) is 14.7 Å². The molecule has 0 spiro atoms. The maximum atomic E-state index is 12.6. The number of ether oxygens (including phenoxy) is 2. The second kappa shape index (κ2) is 6.26. The van der Waals surface area contributed by atoms with E-state index in [0.717, 1.165) is 16.9 Å². The van der Waals surface area contributed by atoms with Gasteiger partial charge in [-0.25, -0.2) is 0 Å². The number of aromatic nitrogens is 1. The number of pyridine rings is 1. The van der Waals surface area contributed by atoms with Gasteiger partial charge in [0.05, 0.1) is 11.4 Å². The Morgan fingerprint density at radius 2 is 2.00 bits per heavy atom. The third-order valence-corrected chi connectivity index (χ3v) is 5.03. The van der Waals surface area contributed by atoms with Crippen LogP contribution in [0.2, 0.25) is 0 Å². The van der Waals surface area contributed by atoms with Crippen LogP contribution in [0.3, 0.4) is 0 Å². The van der Waals surface area contributed by atoms with Gasteiger partial charge in [0.15, 0.2) is 11.5 Å². The molecule has 7 heteroatoms. The second-order valence-corrected chi connectivity index (χ2v) is 6.91. The fraction of sp³-hybridized carbons (Fsp3) is 0.118. The van der Waals surface area contributed by atoms with Crippen molar-refractivity contribution in [3.05, 3.63) is 58.8 Å². The zero-order valence-corrected chi connectivity index (χ0v) is 14.1. The van der Waals surface area contributed by atoms with E-state index in [0.29, 0.717) is 21.5 Å². The molecule has 4 rings (SSSR count). The molecule has 3 heterocycles. The standard InChI is InChI=1S/C17H12N2O3S2/c20-16-15(8-11-3-5-18-6-4-11)24-17(23)19(16)9-12-1-2-13-14(7-12)22-10-21-13/h1-8H,9-10H2. The number of thioether (sulfide) groups is 1. The van der Waals surface area contributed by atoms with Gasteiger partial charge in [0.1, 0.15) is 4.32 Å². The summed E-state index contributed by atoms with van der Waals surface area (Å²) in [6.07, 6.45) is 5.22. The summed E-state index contributed by atoms with van der Waals surface area (Å²) in [6, 6.07) is 9.35. The van der Waals surface area contributed by atoms with Crippen molar-refractivity contribution >= 4 is 40.3 Å². The van der Waals surface area contributed by atoms with Crippen molar-refractivity contribution in [1.29, 1.82) is 0 Å². The van der Waals surface area contributed by atoms with Gasteiger partial charge in [-0.1, -0.05) is 30.0 Å². The molecule has 0 unspecified atom stereocenters. The molecule has 2 aromatic rings. The molecule has 0 radical (unpaired) electrons. The highest BCUT2D eigenvalue weighted by Gasteiger charge is 2.32. The van der Waals surface area contributed by atoms with Crippen LogP contribution in [0.4, 0.5) is 0 Å². The number of nitrogens with zero attached hydrogens (tertiary/aromatic N) is 2. The molecule has 1 saturated heterocycles. The number of hydrogen-bond donors (Lipinski definition) is 0. The third kappa shape index (κ3) is 2.88. The predicted octanol–water partition coefficient (Wildman–Crippen LogP) is 3.21. The molecule has 0 aliphatic carbocycles. The van der Waals surface area contributed by atoms with Gasteiger partial charge in [-0.15, -0.1) is 0 Å². The topological polar surface area (TPSA) is 51.7 Å². The first-order valence-corrected chi connectivity index (χ1v) is 8.47. The molecule has 2 aliphatic heterocycles. The molecule has 5 nitrogen and oxygen atoms in total. The minimum absolute atomic E-state index is 0.0838. The summed E-state index contributed by atoms with van der Waals surface area (Å²) in [4.78, 5) is 18.8. The van der Waals surface area contributed by atoms with Gasteiger partial charge in [0.25, 0.3) is 5.91 Å². The minimum atomic E-state index is -0.0838. The van der Waals surface area contributed by atoms with Gasteiger partial charge in [-0.2, -0.15) is 0 Å². The summed E-state index contributed by atoms with van der Waals surface area (Å²) >= 11 is 6.68. The predicted molar refractivity (Wildman–Crippen MR) is 95.5 cm³/mol. The second-order valence-electron chi connectivity index (χ2n) is 5.24. The lowest BCUT2D eigenvalue weighted by atomic mass is 10.2. The van der Waals surface area contributed by atoms with E-state index < -0.39 is 0 Å². The highest BCUT2D eigenvalue weighted by Crippen LogP contribution is 2.36. The Labute approximate surface area is 148 Å². The number of rotatable bonds is 3. The van der Waals surface area contributed by atoms with Gasteiger partial charge in [0, 0.05) is 12.4 Å². The molecule has 0 bridgehead atoms. The Bertz CT molecular complexity index is 852. The number of carbonyl (C=O) groups excluding carboxylic acids is 1. The zero-order chi connectivity index (χ0) is 16.5. The van der Waals surface area contributed by atoms with Crippen LogP contribution in [0.15, 0.2) is 47.6 Å². The third-order valence-electron chi connectivity index (χ3n) is 3.66. The molecular formula is C17H12N2O3S2. The van der Waals surface area contributed by atoms with Crippen LogP contribution >= 0.6 is 24.0 Å². The van der Waals surface area contributed by atoms with E-state index in [2.05, 4.69) is 4.98 Å². The zero-order valence-electron chi connectivity index (χ0n) is 12.5. The number of benzene rings is 1. The summed E-state index contributed by atoms with van der Waals surface area (Å²) in [5.41, 5.74) is 1.87. The largest absolute Gasteiger partial charge is 0.454 e. The van der Waals surface area contributed by atoms with Crippen molar-refractivity contribution in [2.45, 2.75) is 6.54 Å². The van der Waals surface area contributed by atoms with Crippen molar-refractivity contribution < 1.29 is 14.3 Å². The first-order chi connectivity index (χ1) is 11.7. The van der Waals surface area contributed by atoms with Crippen LogP contribution in [0.5, 0.6) is 11.5 Å². The van der Waals surface area contributed by atoms with E-state index in [1.165, 1.54) is 11.8 Å². The first kappa shape index (κ1) is 15.2. The first-order valence-electron chi connectivity index (χ1n) is 7.24. The van der Waals surface area contributed by atoms with Crippen LogP contribution in [0, 0.1) is 0 Å². The maximum Gasteiger partial charge on any atom is 0.266 e. The van der Waals surface area contributed by atoms with Gasteiger partial charge >= 0.3 is 0 Å². The van der Waals surface area contributed by atoms with Crippen LogP contribution in [0.25, 0.3) is 6.08 Å². The highest BCUT2D eigenvalue weighted by atomic mass is 32.2. The van der Waals surface area contributed by atoms with E-state index in [1.54, 1.807) is 17.3 Å². The molecular weight excluding hydrogens is 344 g/mol. The van der Waals surface area contributed by atoms with E-state index in [-0.39, 0.29) is 12.7 Å². The summed E-state index contributed by atoms with van der Waals surface area (Å²) in [6.45, 7) is 0.642. The Morgan fingerprint density at radius 3 is 2.83 bits per heavy atom. The molecule has 24 heavy (non-hydrogen) atoms. The van der Waals surface area contributed by atoms with Crippen LogP contribution < -0.4 is 9.47 Å². The van der Waals surface area contributed by atoms with Crippen molar-refractivity contribution in [2.24, 2.45) is 0 Å². The Kier molecular flexibility index (Phi) is 3.95. The average Bonchev–Trinajstić information content (AvgIpc) is 3.16. The van der Waals surface area contributed by atoms with E-state index >= 15 is 0 Å². The number of amides is 1. The summed E-state index contributed by atoms with van der Waals surface area (Å²) in [5, 5.41) is 0. The summed E-state index contributed by atoms with van der Waals surface area (Å²) in [7, 11) is 0. The fourth-order valence-electron chi connectivity index (χ4n) is 2.47. The number of thiocarbonyl (C=S) groups is 1. The number of carbonyl (C=O) groups is 1. The van der Waals surface area contributed by atoms with Crippen LogP contribution in [-0.2, 0) is 11.3 Å². The molecule has 0 atom stereocenters. The number of hydrogen-bond acceptors (Lipinski definition) is 6. The van der Waals surface area contributed by atoms with E-state index in [4.69, 9.17) is 21.7 Å². The van der Waals surface area contributed by atoms with Crippen molar-refractivity contribution in [1.82, 2.24) is 9.88 Å². The monoisotopic (exact) mass is 356 g/mol. The molecule has 0 N–H and O–H groups in total.